The van der Waals surface area contributed by atoms with E-state index in [1.807, 2.05) is 13.0 Å². The van der Waals surface area contributed by atoms with E-state index in [1.54, 1.807) is 6.08 Å². The molecule has 2 nitrogen and oxygen atoms in total. The van der Waals surface area contributed by atoms with Crippen molar-refractivity contribution in [3.63, 3.8) is 0 Å². The first-order valence-corrected chi connectivity index (χ1v) is 5.76. The smallest absolute Gasteiger partial charge is 0.161 e. The normalized spacial score (nSPS) is 42.7. The quantitative estimate of drug-likeness (QED) is 0.516. The monoisotopic (exact) mass is 208 g/mol. The molecule has 84 valence electrons. The molecule has 0 bridgehead atoms. The molecule has 2 heteroatoms. The Labute approximate surface area is 91.7 Å². The maximum Gasteiger partial charge on any atom is 0.161 e. The zero-order valence-corrected chi connectivity index (χ0v) is 10.0. The molecule has 1 saturated carbocycles. The minimum absolute atomic E-state index is 0.0277. The van der Waals surface area contributed by atoms with Gasteiger partial charge in [-0.15, -0.1) is 0 Å². The average molecular weight is 208 g/mol. The van der Waals surface area contributed by atoms with Gasteiger partial charge in [-0.25, -0.2) is 0 Å². The Morgan fingerprint density at radius 3 is 2.67 bits per heavy atom. The van der Waals surface area contributed by atoms with Crippen LogP contribution in [0.25, 0.3) is 0 Å². The molecule has 2 rings (SSSR count). The number of allylic oxidation sites excluding steroid dienone is 2. The van der Waals surface area contributed by atoms with Crippen LogP contribution in [0.5, 0.6) is 0 Å². The predicted molar refractivity (Wildman–Crippen MR) is 59.6 cm³/mol. The Morgan fingerprint density at radius 1 is 1.40 bits per heavy atom. The van der Waals surface area contributed by atoms with Gasteiger partial charge in [-0.2, -0.15) is 0 Å². The molecular formula is C13H20O2. The number of hydrogen-bond acceptors (Lipinski definition) is 2. The van der Waals surface area contributed by atoms with E-state index in [0.29, 0.717) is 6.10 Å². The van der Waals surface area contributed by atoms with E-state index < -0.39 is 0 Å². The lowest BCUT2D eigenvalue weighted by atomic mass is 9.62. The van der Waals surface area contributed by atoms with Crippen molar-refractivity contribution in [1.82, 2.24) is 0 Å². The summed E-state index contributed by atoms with van der Waals surface area (Å²) >= 11 is 0. The lowest BCUT2D eigenvalue weighted by Crippen LogP contribution is -2.44. The number of rotatable bonds is 2. The van der Waals surface area contributed by atoms with E-state index in [4.69, 9.17) is 4.74 Å². The third-order valence-corrected chi connectivity index (χ3v) is 4.00. The van der Waals surface area contributed by atoms with E-state index in [-0.39, 0.29) is 22.7 Å². The summed E-state index contributed by atoms with van der Waals surface area (Å²) in [5, 5.41) is 0. The van der Waals surface area contributed by atoms with Crippen molar-refractivity contribution < 1.29 is 9.53 Å². The zero-order valence-electron chi connectivity index (χ0n) is 10.0. The molecule has 1 aliphatic heterocycles. The van der Waals surface area contributed by atoms with Gasteiger partial charge in [0, 0.05) is 0 Å². The predicted octanol–water partition coefficient (Wildman–Crippen LogP) is 2.73. The first-order valence-electron chi connectivity index (χ1n) is 5.76. The molecule has 0 N–H and O–H groups in total. The standard InChI is InChI=1S/C13H20O2/c1-5-6-9(14)11-12(2,3)8-7-10-13(11,4)15-10/h5-6,10-11H,7-8H2,1-4H3/b6-5+/t10-,11-,13-/m1/s1. The molecule has 15 heavy (non-hydrogen) atoms. The Kier molecular flexibility index (Phi) is 2.30. The maximum absolute atomic E-state index is 12.1. The highest BCUT2D eigenvalue weighted by atomic mass is 16.6. The largest absolute Gasteiger partial charge is 0.366 e. The molecule has 2 fully saturated rings. The van der Waals surface area contributed by atoms with E-state index in [2.05, 4.69) is 20.8 Å². The Hall–Kier alpha value is -0.630. The summed E-state index contributed by atoms with van der Waals surface area (Å²) in [6.07, 6.45) is 6.03. The number of epoxide rings is 1. The Morgan fingerprint density at radius 2 is 2.07 bits per heavy atom. The van der Waals surface area contributed by atoms with Crippen molar-refractivity contribution in [3.05, 3.63) is 12.2 Å². The van der Waals surface area contributed by atoms with Crippen molar-refractivity contribution in [2.24, 2.45) is 11.3 Å². The lowest BCUT2D eigenvalue weighted by molar-refractivity contribution is -0.125. The molecule has 2 aliphatic rings. The van der Waals surface area contributed by atoms with Gasteiger partial charge < -0.3 is 4.74 Å². The molecule has 1 aliphatic carbocycles. The molecule has 3 atom stereocenters. The van der Waals surface area contributed by atoms with Crippen LogP contribution in [0.2, 0.25) is 0 Å². The van der Waals surface area contributed by atoms with Gasteiger partial charge >= 0.3 is 0 Å². The first kappa shape index (κ1) is 10.9. The summed E-state index contributed by atoms with van der Waals surface area (Å²) in [6.45, 7) is 8.34. The summed E-state index contributed by atoms with van der Waals surface area (Å²) in [5.41, 5.74) is -0.114. The second kappa shape index (κ2) is 3.18. The van der Waals surface area contributed by atoms with Gasteiger partial charge in [0.05, 0.1) is 12.0 Å². The molecule has 0 aromatic rings. The highest BCUT2D eigenvalue weighted by Gasteiger charge is 2.65. The number of ether oxygens (including phenoxy) is 1. The third-order valence-electron chi connectivity index (χ3n) is 4.00. The Balaban J connectivity index is 2.28. The van der Waals surface area contributed by atoms with E-state index in [0.717, 1.165) is 12.8 Å². The third kappa shape index (κ3) is 1.55. The fraction of sp³-hybridized carbons (Fsp3) is 0.769. The Bertz CT molecular complexity index is 312. The van der Waals surface area contributed by atoms with Crippen LogP contribution < -0.4 is 0 Å². The summed E-state index contributed by atoms with van der Waals surface area (Å²) < 4.78 is 5.73. The minimum Gasteiger partial charge on any atom is -0.366 e. The van der Waals surface area contributed by atoms with Gasteiger partial charge in [-0.05, 0) is 38.2 Å². The maximum atomic E-state index is 12.1. The fourth-order valence-electron chi connectivity index (χ4n) is 3.22. The molecule has 0 aromatic heterocycles. The van der Waals surface area contributed by atoms with Crippen molar-refractivity contribution in [2.75, 3.05) is 0 Å². The van der Waals surface area contributed by atoms with E-state index in [1.165, 1.54) is 0 Å². The highest BCUT2D eigenvalue weighted by molar-refractivity contribution is 5.93. The molecule has 0 unspecified atom stereocenters. The average Bonchev–Trinajstić information content (AvgIpc) is 2.74. The molecule has 0 aromatic carbocycles. The van der Waals surface area contributed by atoms with Crippen LogP contribution in [0.15, 0.2) is 12.2 Å². The van der Waals surface area contributed by atoms with Gasteiger partial charge in [0.2, 0.25) is 0 Å². The van der Waals surface area contributed by atoms with E-state index in [9.17, 15) is 4.79 Å². The number of hydrogen-bond donors (Lipinski definition) is 0. The molecule has 0 amide bonds. The highest BCUT2D eigenvalue weighted by Crippen LogP contribution is 2.58. The van der Waals surface area contributed by atoms with Crippen LogP contribution in [0.4, 0.5) is 0 Å². The number of carbonyl (C=O) groups excluding carboxylic acids is 1. The minimum atomic E-state index is -0.182. The van der Waals surface area contributed by atoms with Gasteiger partial charge in [-0.3, -0.25) is 4.79 Å². The second-order valence-corrected chi connectivity index (χ2v) is 5.65. The summed E-state index contributed by atoms with van der Waals surface area (Å²) in [7, 11) is 0. The summed E-state index contributed by atoms with van der Waals surface area (Å²) in [5.74, 6) is 0.257. The summed E-state index contributed by atoms with van der Waals surface area (Å²) in [6, 6.07) is 0. The molecule has 1 heterocycles. The van der Waals surface area contributed by atoms with Gasteiger partial charge in [-0.1, -0.05) is 19.9 Å². The summed E-state index contributed by atoms with van der Waals surface area (Å²) in [4.78, 5) is 12.1. The van der Waals surface area contributed by atoms with E-state index >= 15 is 0 Å². The molecular weight excluding hydrogens is 188 g/mol. The van der Waals surface area contributed by atoms with Crippen molar-refractivity contribution in [1.29, 1.82) is 0 Å². The number of fused-ring (bicyclic) bond motifs is 1. The van der Waals surface area contributed by atoms with Crippen LogP contribution >= 0.6 is 0 Å². The number of ketones is 1. The van der Waals surface area contributed by atoms with Crippen LogP contribution in [0.3, 0.4) is 0 Å². The van der Waals surface area contributed by atoms with Crippen molar-refractivity contribution in [3.8, 4) is 0 Å². The second-order valence-electron chi connectivity index (χ2n) is 5.65. The molecule has 0 radical (unpaired) electrons. The number of carbonyl (C=O) groups is 1. The van der Waals surface area contributed by atoms with Gasteiger partial charge in [0.1, 0.15) is 5.60 Å². The van der Waals surface area contributed by atoms with Crippen molar-refractivity contribution >= 4 is 5.78 Å². The molecule has 0 spiro atoms. The molecule has 1 saturated heterocycles. The van der Waals surface area contributed by atoms with Crippen LogP contribution in [-0.4, -0.2) is 17.5 Å². The topological polar surface area (TPSA) is 29.6 Å². The van der Waals surface area contributed by atoms with Gasteiger partial charge in [0.25, 0.3) is 0 Å². The van der Waals surface area contributed by atoms with Crippen LogP contribution in [0.1, 0.15) is 40.5 Å². The lowest BCUT2D eigenvalue weighted by Gasteiger charge is -2.38. The van der Waals surface area contributed by atoms with Gasteiger partial charge in [0.15, 0.2) is 5.78 Å². The van der Waals surface area contributed by atoms with Crippen LogP contribution in [-0.2, 0) is 9.53 Å². The van der Waals surface area contributed by atoms with Crippen LogP contribution in [0, 0.1) is 11.3 Å². The fourth-order valence-corrected chi connectivity index (χ4v) is 3.22. The SMILES string of the molecule is C/C=C/C(=O)[C@@H]1C(C)(C)CC[C@H]2O[C@@]12C. The van der Waals surface area contributed by atoms with Crippen molar-refractivity contribution in [2.45, 2.75) is 52.2 Å². The zero-order chi connectivity index (χ0) is 11.3. The first-order chi connectivity index (χ1) is 6.92.